The maximum Gasteiger partial charge on any atom is 0.0338 e. The highest BCUT2D eigenvalue weighted by molar-refractivity contribution is 9.10. The molecular formula is C12H14BrCl. The van der Waals surface area contributed by atoms with Crippen LogP contribution in [0.1, 0.15) is 24.8 Å². The van der Waals surface area contributed by atoms with Crippen molar-refractivity contribution in [2.24, 2.45) is 5.92 Å². The topological polar surface area (TPSA) is 0 Å². The van der Waals surface area contributed by atoms with E-state index in [1.807, 2.05) is 0 Å². The summed E-state index contributed by atoms with van der Waals surface area (Å²) in [7, 11) is 0. The van der Waals surface area contributed by atoms with Gasteiger partial charge in [0.2, 0.25) is 0 Å². The SMILES string of the molecule is ClC1CCC(Cc2ccc(Br)cc2)C1. The molecule has 1 aliphatic rings. The summed E-state index contributed by atoms with van der Waals surface area (Å²) in [6.45, 7) is 0. The van der Waals surface area contributed by atoms with Gasteiger partial charge in [-0.15, -0.1) is 11.6 Å². The van der Waals surface area contributed by atoms with Crippen molar-refractivity contribution < 1.29 is 0 Å². The normalized spacial score (nSPS) is 26.7. The summed E-state index contributed by atoms with van der Waals surface area (Å²) in [4.78, 5) is 0. The highest BCUT2D eigenvalue weighted by Crippen LogP contribution is 2.31. The van der Waals surface area contributed by atoms with Crippen LogP contribution in [0.25, 0.3) is 0 Å². The number of rotatable bonds is 2. The van der Waals surface area contributed by atoms with E-state index in [-0.39, 0.29) is 0 Å². The minimum atomic E-state index is 0.426. The second-order valence-corrected chi connectivity index (χ2v) is 5.64. The number of alkyl halides is 1. The lowest BCUT2D eigenvalue weighted by atomic mass is 9.98. The molecule has 2 heteroatoms. The number of halogens is 2. The van der Waals surface area contributed by atoms with Crippen molar-refractivity contribution in [3.8, 4) is 0 Å². The van der Waals surface area contributed by atoms with Gasteiger partial charge in [0.15, 0.2) is 0 Å². The molecule has 0 radical (unpaired) electrons. The molecule has 1 aromatic carbocycles. The molecule has 0 bridgehead atoms. The lowest BCUT2D eigenvalue weighted by Crippen LogP contribution is -2.00. The maximum absolute atomic E-state index is 6.09. The quantitative estimate of drug-likeness (QED) is 0.701. The van der Waals surface area contributed by atoms with Gasteiger partial charge in [-0.05, 0) is 49.3 Å². The van der Waals surface area contributed by atoms with E-state index in [0.29, 0.717) is 5.38 Å². The summed E-state index contributed by atoms with van der Waals surface area (Å²) in [6.07, 6.45) is 4.88. The Morgan fingerprint density at radius 3 is 2.50 bits per heavy atom. The first-order valence-corrected chi connectivity index (χ1v) is 6.35. The molecule has 1 saturated carbocycles. The molecule has 14 heavy (non-hydrogen) atoms. The minimum absolute atomic E-state index is 0.426. The smallest absolute Gasteiger partial charge is 0.0338 e. The van der Waals surface area contributed by atoms with Crippen molar-refractivity contribution in [3.05, 3.63) is 34.3 Å². The first-order valence-electron chi connectivity index (χ1n) is 5.12. The van der Waals surface area contributed by atoms with E-state index in [2.05, 4.69) is 40.2 Å². The number of benzene rings is 1. The monoisotopic (exact) mass is 272 g/mol. The molecule has 0 saturated heterocycles. The molecule has 0 aromatic heterocycles. The fourth-order valence-corrected chi connectivity index (χ4v) is 2.80. The van der Waals surface area contributed by atoms with Gasteiger partial charge in [-0.2, -0.15) is 0 Å². The van der Waals surface area contributed by atoms with E-state index in [1.54, 1.807) is 0 Å². The Labute approximate surface area is 98.8 Å². The molecule has 0 aliphatic heterocycles. The Morgan fingerprint density at radius 1 is 1.21 bits per heavy atom. The standard InChI is InChI=1S/C12H14BrCl/c13-11-4-1-9(2-5-11)7-10-3-6-12(14)8-10/h1-2,4-5,10,12H,3,6-8H2. The molecule has 1 aromatic rings. The average molecular weight is 274 g/mol. The van der Waals surface area contributed by atoms with Crippen LogP contribution >= 0.6 is 27.5 Å². The van der Waals surface area contributed by atoms with Crippen LogP contribution < -0.4 is 0 Å². The first-order chi connectivity index (χ1) is 6.74. The van der Waals surface area contributed by atoms with Crippen molar-refractivity contribution in [2.75, 3.05) is 0 Å². The molecule has 1 fully saturated rings. The largest absolute Gasteiger partial charge is 0.123 e. The molecule has 0 spiro atoms. The lowest BCUT2D eigenvalue weighted by Gasteiger charge is -2.08. The molecule has 2 unspecified atom stereocenters. The molecule has 0 nitrogen and oxygen atoms in total. The zero-order valence-electron chi connectivity index (χ0n) is 8.05. The van der Waals surface area contributed by atoms with Crippen LogP contribution in [0, 0.1) is 5.92 Å². The fourth-order valence-electron chi connectivity index (χ4n) is 2.15. The molecule has 76 valence electrons. The molecule has 0 amide bonds. The van der Waals surface area contributed by atoms with Crippen LogP contribution in [-0.4, -0.2) is 5.38 Å². The summed E-state index contributed by atoms with van der Waals surface area (Å²) in [5.41, 5.74) is 1.43. The van der Waals surface area contributed by atoms with Crippen molar-refractivity contribution in [1.29, 1.82) is 0 Å². The van der Waals surface area contributed by atoms with E-state index < -0.39 is 0 Å². The Bertz CT molecular complexity index is 294. The average Bonchev–Trinajstić information content (AvgIpc) is 2.56. The number of hydrogen-bond acceptors (Lipinski definition) is 0. The van der Waals surface area contributed by atoms with Gasteiger partial charge in [0.1, 0.15) is 0 Å². The molecule has 2 rings (SSSR count). The third-order valence-corrected chi connectivity index (χ3v) is 3.84. The van der Waals surface area contributed by atoms with Gasteiger partial charge < -0.3 is 0 Å². The third kappa shape index (κ3) is 2.74. The van der Waals surface area contributed by atoms with Crippen molar-refractivity contribution in [1.82, 2.24) is 0 Å². The summed E-state index contributed by atoms with van der Waals surface area (Å²) in [5, 5.41) is 0.426. The van der Waals surface area contributed by atoms with E-state index in [0.717, 1.165) is 10.4 Å². The molecule has 0 heterocycles. The van der Waals surface area contributed by atoms with E-state index in [4.69, 9.17) is 11.6 Å². The second-order valence-electron chi connectivity index (χ2n) is 4.11. The summed E-state index contributed by atoms with van der Waals surface area (Å²) in [5.74, 6) is 0.804. The van der Waals surface area contributed by atoms with Crippen LogP contribution in [0.3, 0.4) is 0 Å². The lowest BCUT2D eigenvalue weighted by molar-refractivity contribution is 0.547. The molecular weight excluding hydrogens is 259 g/mol. The minimum Gasteiger partial charge on any atom is -0.123 e. The third-order valence-electron chi connectivity index (χ3n) is 2.91. The van der Waals surface area contributed by atoms with Gasteiger partial charge >= 0.3 is 0 Å². The highest BCUT2D eigenvalue weighted by Gasteiger charge is 2.22. The van der Waals surface area contributed by atoms with Crippen LogP contribution in [0.15, 0.2) is 28.7 Å². The van der Waals surface area contributed by atoms with Crippen molar-refractivity contribution in [3.63, 3.8) is 0 Å². The van der Waals surface area contributed by atoms with E-state index in [9.17, 15) is 0 Å². The summed E-state index contributed by atoms with van der Waals surface area (Å²) in [6, 6.07) is 8.63. The zero-order chi connectivity index (χ0) is 9.97. The summed E-state index contributed by atoms with van der Waals surface area (Å²) >= 11 is 9.54. The van der Waals surface area contributed by atoms with Gasteiger partial charge in [0, 0.05) is 9.85 Å². The van der Waals surface area contributed by atoms with E-state index >= 15 is 0 Å². The first kappa shape index (κ1) is 10.5. The molecule has 1 aliphatic carbocycles. The fraction of sp³-hybridized carbons (Fsp3) is 0.500. The van der Waals surface area contributed by atoms with Crippen molar-refractivity contribution in [2.45, 2.75) is 31.1 Å². The predicted molar refractivity (Wildman–Crippen MR) is 64.8 cm³/mol. The van der Waals surface area contributed by atoms with Gasteiger partial charge in [-0.1, -0.05) is 28.1 Å². The maximum atomic E-state index is 6.09. The summed E-state index contributed by atoms with van der Waals surface area (Å²) < 4.78 is 1.16. The van der Waals surface area contributed by atoms with Gasteiger partial charge in [0.25, 0.3) is 0 Å². The van der Waals surface area contributed by atoms with Gasteiger partial charge in [0.05, 0.1) is 0 Å². The second kappa shape index (κ2) is 4.67. The number of hydrogen-bond donors (Lipinski definition) is 0. The van der Waals surface area contributed by atoms with Crippen LogP contribution in [0.4, 0.5) is 0 Å². The highest BCUT2D eigenvalue weighted by atomic mass is 79.9. The van der Waals surface area contributed by atoms with Crippen molar-refractivity contribution >= 4 is 27.5 Å². The van der Waals surface area contributed by atoms with Gasteiger partial charge in [-0.25, -0.2) is 0 Å². The van der Waals surface area contributed by atoms with Crippen LogP contribution in [-0.2, 0) is 6.42 Å². The predicted octanol–water partition coefficient (Wildman–Crippen LogP) is 4.40. The Morgan fingerprint density at radius 2 is 1.93 bits per heavy atom. The van der Waals surface area contributed by atoms with E-state index in [1.165, 1.54) is 31.2 Å². The zero-order valence-corrected chi connectivity index (χ0v) is 10.4. The van der Waals surface area contributed by atoms with Crippen LogP contribution in [0.2, 0.25) is 0 Å². The van der Waals surface area contributed by atoms with Gasteiger partial charge in [-0.3, -0.25) is 0 Å². The van der Waals surface area contributed by atoms with Crippen LogP contribution in [0.5, 0.6) is 0 Å². The Kier molecular flexibility index (Phi) is 3.51. The molecule has 0 N–H and O–H groups in total. The molecule has 2 atom stereocenters. The Hall–Kier alpha value is -0.0100. The Balaban J connectivity index is 1.94.